The zero-order valence-corrected chi connectivity index (χ0v) is 20.3. The van der Waals surface area contributed by atoms with Gasteiger partial charge in [0.25, 0.3) is 0 Å². The lowest BCUT2D eigenvalue weighted by Gasteiger charge is -2.56. The van der Waals surface area contributed by atoms with Crippen molar-refractivity contribution in [3.05, 3.63) is 35.9 Å². The number of carbonyl (C=O) groups is 4. The van der Waals surface area contributed by atoms with Crippen LogP contribution in [0.3, 0.4) is 0 Å². The van der Waals surface area contributed by atoms with E-state index in [0.717, 1.165) is 37.7 Å². The maximum atomic E-state index is 13.6. The number of hydrazine groups is 1. The Hall–Kier alpha value is -3.58. The summed E-state index contributed by atoms with van der Waals surface area (Å²) in [6.45, 7) is 0.332. The van der Waals surface area contributed by atoms with E-state index < -0.39 is 24.2 Å². The summed E-state index contributed by atoms with van der Waals surface area (Å²) in [6.07, 6.45) is 9.37. The third kappa shape index (κ3) is 5.46. The van der Waals surface area contributed by atoms with Crippen LogP contribution in [0.2, 0.25) is 0 Å². The highest BCUT2D eigenvalue weighted by Gasteiger charge is 2.52. The van der Waals surface area contributed by atoms with Crippen LogP contribution in [0, 0.1) is 12.3 Å². The second-order valence-corrected chi connectivity index (χ2v) is 9.53. The number of carboxylic acids is 1. The number of benzene rings is 1. The van der Waals surface area contributed by atoms with Gasteiger partial charge in [-0.05, 0) is 24.8 Å². The Kier molecular flexibility index (Phi) is 8.10. The highest BCUT2D eigenvalue weighted by Crippen LogP contribution is 2.32. The first-order valence-electron chi connectivity index (χ1n) is 12.5. The molecule has 10 nitrogen and oxygen atoms in total. The SMILES string of the molecule is C#CCN1CC(=O)N2C(CCC(=O)O)C(=O)N(C3CCCCC3)C[C@@H]2N1C(=O)NCc1ccccc1. The number of urea groups is 1. The van der Waals surface area contributed by atoms with Crippen molar-refractivity contribution >= 4 is 23.8 Å². The molecule has 10 heteroatoms. The Morgan fingerprint density at radius 3 is 2.50 bits per heavy atom. The average molecular weight is 496 g/mol. The second-order valence-electron chi connectivity index (χ2n) is 9.53. The Balaban J connectivity index is 1.65. The van der Waals surface area contributed by atoms with Gasteiger partial charge in [-0.2, -0.15) is 5.01 Å². The van der Waals surface area contributed by atoms with Crippen molar-refractivity contribution in [2.75, 3.05) is 19.6 Å². The van der Waals surface area contributed by atoms with E-state index in [9.17, 15) is 24.3 Å². The van der Waals surface area contributed by atoms with Gasteiger partial charge in [-0.1, -0.05) is 55.5 Å². The van der Waals surface area contributed by atoms with Crippen molar-refractivity contribution in [2.24, 2.45) is 0 Å². The van der Waals surface area contributed by atoms with Crippen LogP contribution in [0.25, 0.3) is 0 Å². The van der Waals surface area contributed by atoms with Gasteiger partial charge in [0.05, 0.1) is 19.6 Å². The van der Waals surface area contributed by atoms with E-state index in [0.29, 0.717) is 0 Å². The van der Waals surface area contributed by atoms with Crippen LogP contribution in [-0.4, -0.2) is 86.6 Å². The molecular weight excluding hydrogens is 462 g/mol. The molecule has 1 unspecified atom stereocenters. The van der Waals surface area contributed by atoms with Crippen LogP contribution in [-0.2, 0) is 20.9 Å². The van der Waals surface area contributed by atoms with Gasteiger partial charge >= 0.3 is 12.0 Å². The summed E-state index contributed by atoms with van der Waals surface area (Å²) in [5.74, 6) is 0.913. The van der Waals surface area contributed by atoms with Gasteiger partial charge < -0.3 is 20.2 Å². The first kappa shape index (κ1) is 25.5. The van der Waals surface area contributed by atoms with Crippen LogP contribution < -0.4 is 5.32 Å². The first-order chi connectivity index (χ1) is 17.4. The van der Waals surface area contributed by atoms with Gasteiger partial charge in [0.1, 0.15) is 12.2 Å². The number of carbonyl (C=O) groups excluding carboxylic acids is 3. The molecule has 2 N–H and O–H groups in total. The van der Waals surface area contributed by atoms with Crippen LogP contribution in [0.5, 0.6) is 0 Å². The molecule has 4 rings (SSSR count). The molecule has 0 bridgehead atoms. The van der Waals surface area contributed by atoms with Gasteiger partial charge in [0, 0.05) is 19.0 Å². The summed E-state index contributed by atoms with van der Waals surface area (Å²) in [5.41, 5.74) is 0.918. The lowest BCUT2D eigenvalue weighted by Crippen LogP contribution is -2.77. The maximum Gasteiger partial charge on any atom is 0.334 e. The minimum absolute atomic E-state index is 0.00571. The maximum absolute atomic E-state index is 13.6. The lowest BCUT2D eigenvalue weighted by molar-refractivity contribution is -0.192. The standard InChI is InChI=1S/C26H33N5O5/c1-2-15-28-18-23(32)30-21(13-14-24(33)34)25(35)29(20-11-7-4-8-12-20)17-22(30)31(28)26(36)27-16-19-9-5-3-6-10-19/h1,3,5-6,9-10,20-22H,4,7-8,11-18H2,(H,27,36)(H,33,34)/t21?,22-/m0/s1. The minimum Gasteiger partial charge on any atom is -0.481 e. The van der Waals surface area contributed by atoms with E-state index in [2.05, 4.69) is 11.2 Å². The van der Waals surface area contributed by atoms with E-state index in [1.165, 1.54) is 14.9 Å². The van der Waals surface area contributed by atoms with E-state index in [4.69, 9.17) is 6.42 Å². The number of nitrogens with zero attached hydrogens (tertiary/aromatic N) is 4. The molecular formula is C26H33N5O5. The zero-order chi connectivity index (χ0) is 25.7. The molecule has 1 saturated carbocycles. The molecule has 3 fully saturated rings. The topological polar surface area (TPSA) is 114 Å². The van der Waals surface area contributed by atoms with Gasteiger partial charge in [-0.25, -0.2) is 9.80 Å². The monoisotopic (exact) mass is 495 g/mol. The summed E-state index contributed by atoms with van der Waals surface area (Å²) in [4.78, 5) is 55.0. The molecule has 36 heavy (non-hydrogen) atoms. The summed E-state index contributed by atoms with van der Waals surface area (Å²) in [7, 11) is 0. The van der Waals surface area contributed by atoms with Crippen molar-refractivity contribution in [3.63, 3.8) is 0 Å². The number of rotatable bonds is 7. The smallest absolute Gasteiger partial charge is 0.334 e. The quantitative estimate of drug-likeness (QED) is 0.556. The normalized spacial score (nSPS) is 23.2. The van der Waals surface area contributed by atoms with Crippen molar-refractivity contribution in [2.45, 2.75) is 69.7 Å². The molecule has 2 aliphatic heterocycles. The molecule has 2 saturated heterocycles. The summed E-state index contributed by atoms with van der Waals surface area (Å²) in [5, 5.41) is 15.2. The van der Waals surface area contributed by atoms with Crippen molar-refractivity contribution < 1.29 is 24.3 Å². The number of terminal acetylenes is 1. The average Bonchev–Trinajstić information content (AvgIpc) is 2.88. The van der Waals surface area contributed by atoms with Crippen LogP contribution in [0.15, 0.2) is 30.3 Å². The molecule has 0 spiro atoms. The van der Waals surface area contributed by atoms with E-state index in [1.807, 2.05) is 30.3 Å². The summed E-state index contributed by atoms with van der Waals surface area (Å²) in [6, 6.07) is 8.11. The molecule has 192 valence electrons. The fourth-order valence-electron chi connectivity index (χ4n) is 5.51. The number of fused-ring (bicyclic) bond motifs is 1. The zero-order valence-electron chi connectivity index (χ0n) is 20.3. The predicted octanol–water partition coefficient (Wildman–Crippen LogP) is 1.63. The minimum atomic E-state index is -1.04. The van der Waals surface area contributed by atoms with Crippen LogP contribution in [0.1, 0.15) is 50.5 Å². The Labute approximate surface area is 211 Å². The molecule has 1 aliphatic carbocycles. The highest BCUT2D eigenvalue weighted by molar-refractivity contribution is 5.92. The molecule has 2 heterocycles. The number of carboxylic acid groups (broad SMARTS) is 1. The summed E-state index contributed by atoms with van der Waals surface area (Å²) < 4.78 is 0. The predicted molar refractivity (Wildman–Crippen MR) is 131 cm³/mol. The number of hydrogen-bond donors (Lipinski definition) is 2. The fraction of sp³-hybridized carbons (Fsp3) is 0.538. The van der Waals surface area contributed by atoms with Gasteiger partial charge in [-0.15, -0.1) is 6.42 Å². The molecule has 1 aromatic rings. The molecule has 1 aromatic carbocycles. The number of aliphatic carboxylic acids is 1. The summed E-state index contributed by atoms with van der Waals surface area (Å²) >= 11 is 0. The van der Waals surface area contributed by atoms with Crippen molar-refractivity contribution in [3.8, 4) is 12.3 Å². The molecule has 4 amide bonds. The fourth-order valence-corrected chi connectivity index (χ4v) is 5.51. The van der Waals surface area contributed by atoms with Crippen LogP contribution in [0.4, 0.5) is 4.79 Å². The van der Waals surface area contributed by atoms with Crippen molar-refractivity contribution in [1.29, 1.82) is 0 Å². The number of amides is 4. The van der Waals surface area contributed by atoms with Gasteiger partial charge in [0.15, 0.2) is 0 Å². The third-order valence-corrected chi connectivity index (χ3v) is 7.19. The third-order valence-electron chi connectivity index (χ3n) is 7.19. The van der Waals surface area contributed by atoms with Gasteiger partial charge in [0.2, 0.25) is 11.8 Å². The molecule has 0 radical (unpaired) electrons. The Bertz CT molecular complexity index is 1020. The highest BCUT2D eigenvalue weighted by atomic mass is 16.4. The second kappa shape index (κ2) is 11.4. The lowest BCUT2D eigenvalue weighted by atomic mass is 9.91. The number of hydrogen-bond acceptors (Lipinski definition) is 5. The largest absolute Gasteiger partial charge is 0.481 e. The number of nitrogens with one attached hydrogen (secondary N) is 1. The van der Waals surface area contributed by atoms with Crippen molar-refractivity contribution in [1.82, 2.24) is 25.1 Å². The number of piperazine rings is 1. The Morgan fingerprint density at radius 1 is 1.11 bits per heavy atom. The molecule has 2 atom stereocenters. The van der Waals surface area contributed by atoms with E-state index >= 15 is 0 Å². The molecule has 0 aromatic heterocycles. The molecule has 3 aliphatic rings. The van der Waals surface area contributed by atoms with Gasteiger partial charge in [-0.3, -0.25) is 14.4 Å². The Morgan fingerprint density at radius 2 is 1.83 bits per heavy atom. The van der Waals surface area contributed by atoms with Crippen LogP contribution >= 0.6 is 0 Å². The van der Waals surface area contributed by atoms with E-state index in [-0.39, 0.29) is 56.9 Å². The van der Waals surface area contributed by atoms with E-state index in [1.54, 1.807) is 4.90 Å². The first-order valence-corrected chi connectivity index (χ1v) is 12.5.